The summed E-state index contributed by atoms with van der Waals surface area (Å²) in [7, 11) is 0. The lowest BCUT2D eigenvalue weighted by Crippen LogP contribution is -2.31. The Balaban J connectivity index is 1.54. The molecule has 0 saturated carbocycles. The van der Waals surface area contributed by atoms with Crippen LogP contribution in [0.2, 0.25) is 0 Å². The molecule has 1 amide bonds. The Labute approximate surface area is 144 Å². The van der Waals surface area contributed by atoms with Crippen LogP contribution in [0.15, 0.2) is 47.4 Å². The van der Waals surface area contributed by atoms with Crippen molar-refractivity contribution in [2.45, 2.75) is 31.8 Å². The van der Waals surface area contributed by atoms with Crippen LogP contribution >= 0.6 is 11.3 Å². The Kier molecular flexibility index (Phi) is 4.13. The number of nitrogens with zero attached hydrogens (tertiary/aromatic N) is 3. The van der Waals surface area contributed by atoms with Crippen molar-refractivity contribution in [3.8, 4) is 0 Å². The van der Waals surface area contributed by atoms with Gasteiger partial charge in [0.1, 0.15) is 5.69 Å². The Morgan fingerprint density at radius 1 is 1.33 bits per heavy atom. The normalized spacial score (nSPS) is 16.6. The van der Waals surface area contributed by atoms with Gasteiger partial charge in [-0.05, 0) is 24.8 Å². The highest BCUT2D eigenvalue weighted by Gasteiger charge is 2.26. The van der Waals surface area contributed by atoms with Gasteiger partial charge in [-0.1, -0.05) is 30.3 Å². The lowest BCUT2D eigenvalue weighted by Gasteiger charge is -2.24. The van der Waals surface area contributed by atoms with Crippen molar-refractivity contribution in [1.82, 2.24) is 20.1 Å². The monoisotopic (exact) mass is 338 g/mol. The lowest BCUT2D eigenvalue weighted by atomic mass is 9.93. The van der Waals surface area contributed by atoms with Crippen LogP contribution in [0.3, 0.4) is 0 Å². The number of carbonyl (C=O) groups is 1. The zero-order valence-electron chi connectivity index (χ0n) is 13.2. The topological polar surface area (TPSA) is 59.8 Å². The number of rotatable bonds is 4. The Morgan fingerprint density at radius 2 is 2.21 bits per heavy atom. The van der Waals surface area contributed by atoms with Gasteiger partial charge in [0, 0.05) is 16.6 Å². The van der Waals surface area contributed by atoms with E-state index in [0.717, 1.165) is 31.4 Å². The molecule has 0 aliphatic heterocycles. The van der Waals surface area contributed by atoms with E-state index in [1.807, 2.05) is 24.4 Å². The average Bonchev–Trinajstić information content (AvgIpc) is 3.27. The minimum atomic E-state index is -0.107. The van der Waals surface area contributed by atoms with Gasteiger partial charge >= 0.3 is 0 Å². The van der Waals surface area contributed by atoms with E-state index >= 15 is 0 Å². The average molecular weight is 338 g/mol. The third kappa shape index (κ3) is 2.97. The molecule has 1 atom stereocenters. The maximum Gasteiger partial charge on any atom is 0.271 e. The molecule has 1 aromatic carbocycles. The van der Waals surface area contributed by atoms with Gasteiger partial charge in [0.2, 0.25) is 0 Å². The molecule has 0 spiro atoms. The molecule has 1 aliphatic carbocycles. The summed E-state index contributed by atoms with van der Waals surface area (Å²) in [5, 5.41) is 9.45. The van der Waals surface area contributed by atoms with Gasteiger partial charge in [0.25, 0.3) is 5.91 Å². The number of thiazole rings is 1. The molecular weight excluding hydrogens is 320 g/mol. The first-order valence-electron chi connectivity index (χ1n) is 8.09. The highest BCUT2D eigenvalue weighted by molar-refractivity contribution is 7.07. The number of nitrogens with one attached hydrogen (secondary N) is 1. The molecule has 1 unspecified atom stereocenters. The molecule has 0 fully saturated rings. The van der Waals surface area contributed by atoms with Gasteiger partial charge in [0.15, 0.2) is 0 Å². The lowest BCUT2D eigenvalue weighted by molar-refractivity contribution is 0.0928. The molecule has 2 aromatic heterocycles. The Bertz CT molecular complexity index is 826. The summed E-state index contributed by atoms with van der Waals surface area (Å²) in [5.74, 6) is -0.107. The summed E-state index contributed by atoms with van der Waals surface area (Å²) < 4.78 is 2.06. The van der Waals surface area contributed by atoms with Crippen LogP contribution < -0.4 is 5.32 Å². The van der Waals surface area contributed by atoms with Crippen molar-refractivity contribution in [3.05, 3.63) is 69.9 Å². The van der Waals surface area contributed by atoms with Crippen molar-refractivity contribution in [2.24, 2.45) is 0 Å². The van der Waals surface area contributed by atoms with Crippen molar-refractivity contribution in [1.29, 1.82) is 0 Å². The fourth-order valence-electron chi connectivity index (χ4n) is 3.22. The predicted molar refractivity (Wildman–Crippen MR) is 93.0 cm³/mol. The van der Waals surface area contributed by atoms with Gasteiger partial charge < -0.3 is 5.32 Å². The van der Waals surface area contributed by atoms with Gasteiger partial charge in [-0.15, -0.1) is 11.3 Å². The van der Waals surface area contributed by atoms with E-state index in [9.17, 15) is 4.79 Å². The summed E-state index contributed by atoms with van der Waals surface area (Å²) in [4.78, 5) is 16.4. The van der Waals surface area contributed by atoms with Crippen LogP contribution in [0.1, 0.15) is 46.2 Å². The van der Waals surface area contributed by atoms with Crippen LogP contribution in [-0.2, 0) is 13.0 Å². The molecule has 122 valence electrons. The number of amides is 1. The summed E-state index contributed by atoms with van der Waals surface area (Å²) in [6, 6.07) is 10.3. The molecule has 0 bridgehead atoms. The first kappa shape index (κ1) is 15.1. The predicted octanol–water partition coefficient (Wildman–Crippen LogP) is 3.20. The van der Waals surface area contributed by atoms with E-state index in [1.165, 1.54) is 22.6 Å². The number of hydrogen-bond acceptors (Lipinski definition) is 4. The zero-order chi connectivity index (χ0) is 16.4. The number of aromatic nitrogens is 3. The number of fused-ring (bicyclic) bond motifs is 1. The van der Waals surface area contributed by atoms with Crippen LogP contribution in [0.5, 0.6) is 0 Å². The fourth-order valence-corrected chi connectivity index (χ4v) is 3.75. The minimum Gasteiger partial charge on any atom is -0.344 e. The molecule has 0 saturated heterocycles. The summed E-state index contributed by atoms with van der Waals surface area (Å²) in [6.45, 7) is 0.767. The third-order valence-electron chi connectivity index (χ3n) is 4.41. The fraction of sp³-hybridized carbons (Fsp3) is 0.278. The molecule has 6 heteroatoms. The van der Waals surface area contributed by atoms with Crippen molar-refractivity contribution >= 4 is 17.2 Å². The minimum absolute atomic E-state index is 0.0208. The van der Waals surface area contributed by atoms with Crippen molar-refractivity contribution < 1.29 is 4.79 Å². The maximum atomic E-state index is 12.3. The van der Waals surface area contributed by atoms with Crippen LogP contribution in [0.4, 0.5) is 0 Å². The number of carbonyl (C=O) groups excluding carboxylic acids is 1. The zero-order valence-corrected chi connectivity index (χ0v) is 14.0. The van der Waals surface area contributed by atoms with Crippen LogP contribution in [-0.4, -0.2) is 20.7 Å². The van der Waals surface area contributed by atoms with E-state index < -0.39 is 0 Å². The van der Waals surface area contributed by atoms with Gasteiger partial charge in [-0.2, -0.15) is 5.10 Å². The molecule has 1 aliphatic rings. The van der Waals surface area contributed by atoms with E-state index in [2.05, 4.69) is 32.2 Å². The summed E-state index contributed by atoms with van der Waals surface area (Å²) >= 11 is 1.43. The van der Waals surface area contributed by atoms with E-state index in [0.29, 0.717) is 5.69 Å². The first-order chi connectivity index (χ1) is 11.8. The highest BCUT2D eigenvalue weighted by Crippen LogP contribution is 2.30. The van der Waals surface area contributed by atoms with Crippen molar-refractivity contribution in [3.63, 3.8) is 0 Å². The molecular formula is C18H18N4OS. The second kappa shape index (κ2) is 6.57. The summed E-state index contributed by atoms with van der Waals surface area (Å²) in [5.41, 5.74) is 5.77. The molecule has 24 heavy (non-hydrogen) atoms. The van der Waals surface area contributed by atoms with Gasteiger partial charge in [0.05, 0.1) is 24.3 Å². The quantitative estimate of drug-likeness (QED) is 0.795. The van der Waals surface area contributed by atoms with E-state index in [-0.39, 0.29) is 11.9 Å². The van der Waals surface area contributed by atoms with Gasteiger partial charge in [-0.3, -0.25) is 9.48 Å². The van der Waals surface area contributed by atoms with E-state index in [1.54, 1.807) is 10.9 Å². The molecule has 2 heterocycles. The second-order valence-corrected chi connectivity index (χ2v) is 6.70. The molecule has 5 nitrogen and oxygen atoms in total. The van der Waals surface area contributed by atoms with Crippen LogP contribution in [0.25, 0.3) is 0 Å². The first-order valence-corrected chi connectivity index (χ1v) is 9.03. The Hall–Kier alpha value is -2.47. The summed E-state index contributed by atoms with van der Waals surface area (Å²) in [6.07, 6.45) is 4.91. The van der Waals surface area contributed by atoms with Crippen LogP contribution in [0, 0.1) is 0 Å². The third-order valence-corrected chi connectivity index (χ3v) is 4.99. The standard InChI is InChI=1S/C18H18N4OS/c23-18(16-11-24-12-19-16)21-15-7-4-8-17-14(15)9-20-22(17)10-13-5-2-1-3-6-13/h1-3,5-6,9,11-12,15H,4,7-8,10H2,(H,21,23). The van der Waals surface area contributed by atoms with E-state index in [4.69, 9.17) is 0 Å². The molecule has 1 N–H and O–H groups in total. The largest absolute Gasteiger partial charge is 0.344 e. The highest BCUT2D eigenvalue weighted by atomic mass is 32.1. The molecule has 0 radical (unpaired) electrons. The Morgan fingerprint density at radius 3 is 3.00 bits per heavy atom. The molecule has 4 rings (SSSR count). The molecule has 3 aromatic rings. The SMILES string of the molecule is O=C(NC1CCCc2c1cnn2Cc1ccccc1)c1cscn1. The smallest absolute Gasteiger partial charge is 0.271 e. The maximum absolute atomic E-state index is 12.3. The number of hydrogen-bond donors (Lipinski definition) is 1. The van der Waals surface area contributed by atoms with Crippen molar-refractivity contribution in [2.75, 3.05) is 0 Å². The number of benzene rings is 1. The second-order valence-electron chi connectivity index (χ2n) is 5.98. The van der Waals surface area contributed by atoms with Gasteiger partial charge in [-0.25, -0.2) is 4.98 Å².